The predicted octanol–water partition coefficient (Wildman–Crippen LogP) is 4.66. The fourth-order valence-electron chi connectivity index (χ4n) is 3.69. The van der Waals surface area contributed by atoms with Gasteiger partial charge in [-0.2, -0.15) is 0 Å². The van der Waals surface area contributed by atoms with Crippen molar-refractivity contribution in [1.29, 1.82) is 0 Å². The van der Waals surface area contributed by atoms with Crippen LogP contribution in [0.5, 0.6) is 5.75 Å². The molecule has 4 rings (SSSR count). The first-order chi connectivity index (χ1) is 18.5. The number of carbonyl (C=O) groups excluding carboxylic acids is 4. The second-order valence-corrected chi connectivity index (χ2v) is 9.41. The van der Waals surface area contributed by atoms with E-state index in [9.17, 15) is 29.3 Å². The van der Waals surface area contributed by atoms with Crippen LogP contribution >= 0.6 is 15.9 Å². The number of nitrogens with zero attached hydrogens (tertiary/aromatic N) is 2. The molecular formula is C27H21BrN4O7. The average Bonchev–Trinajstić information content (AvgIpc) is 2.88. The van der Waals surface area contributed by atoms with Gasteiger partial charge in [0.05, 0.1) is 15.1 Å². The molecule has 1 saturated heterocycles. The quantitative estimate of drug-likeness (QED) is 0.175. The zero-order valence-corrected chi connectivity index (χ0v) is 22.3. The van der Waals surface area contributed by atoms with Gasteiger partial charge in [0.25, 0.3) is 23.4 Å². The second-order valence-electron chi connectivity index (χ2n) is 8.56. The minimum Gasteiger partial charge on any atom is -0.483 e. The molecule has 0 saturated carbocycles. The van der Waals surface area contributed by atoms with Gasteiger partial charge in [-0.15, -0.1) is 0 Å². The smallest absolute Gasteiger partial charge is 0.335 e. The van der Waals surface area contributed by atoms with Gasteiger partial charge in [-0.05, 0) is 82.9 Å². The Morgan fingerprint density at radius 3 is 2.54 bits per heavy atom. The van der Waals surface area contributed by atoms with Crippen LogP contribution in [0.4, 0.5) is 21.9 Å². The molecule has 0 spiro atoms. The van der Waals surface area contributed by atoms with Gasteiger partial charge in [0, 0.05) is 17.8 Å². The Labute approximate surface area is 230 Å². The molecule has 0 aromatic heterocycles. The molecule has 198 valence electrons. The molecule has 39 heavy (non-hydrogen) atoms. The minimum atomic E-state index is -1.02. The van der Waals surface area contributed by atoms with Crippen molar-refractivity contribution in [1.82, 2.24) is 5.32 Å². The van der Waals surface area contributed by atoms with E-state index in [1.807, 2.05) is 26.0 Å². The number of hydrogen-bond acceptors (Lipinski definition) is 7. The fourth-order valence-corrected chi connectivity index (χ4v) is 4.20. The van der Waals surface area contributed by atoms with Gasteiger partial charge in [0.15, 0.2) is 6.61 Å². The molecule has 1 fully saturated rings. The number of urea groups is 1. The fraction of sp³-hybridized carbons (Fsp3) is 0.111. The van der Waals surface area contributed by atoms with Gasteiger partial charge in [0.2, 0.25) is 0 Å². The van der Waals surface area contributed by atoms with Crippen LogP contribution in [-0.4, -0.2) is 35.3 Å². The maximum Gasteiger partial charge on any atom is 0.335 e. The number of barbiturate groups is 1. The van der Waals surface area contributed by atoms with E-state index in [2.05, 4.69) is 26.6 Å². The third kappa shape index (κ3) is 6.18. The Morgan fingerprint density at radius 1 is 1.08 bits per heavy atom. The largest absolute Gasteiger partial charge is 0.483 e. The van der Waals surface area contributed by atoms with Crippen LogP contribution in [0.15, 0.2) is 70.7 Å². The highest BCUT2D eigenvalue weighted by molar-refractivity contribution is 9.10. The number of rotatable bonds is 7. The Bertz CT molecular complexity index is 1570. The molecule has 3 aromatic carbocycles. The summed E-state index contributed by atoms with van der Waals surface area (Å²) in [5, 5.41) is 15.9. The number of hydrogen-bond donors (Lipinski definition) is 2. The first kappa shape index (κ1) is 27.2. The molecule has 0 atom stereocenters. The lowest BCUT2D eigenvalue weighted by Crippen LogP contribution is -2.54. The van der Waals surface area contributed by atoms with E-state index in [1.54, 1.807) is 24.3 Å². The van der Waals surface area contributed by atoms with Crippen LogP contribution in [0.2, 0.25) is 0 Å². The molecule has 5 amide bonds. The van der Waals surface area contributed by atoms with Crippen LogP contribution < -0.4 is 20.3 Å². The molecule has 2 N–H and O–H groups in total. The Kier molecular flexibility index (Phi) is 7.86. The maximum absolute atomic E-state index is 13.1. The topological polar surface area (TPSA) is 148 Å². The molecule has 0 unspecified atom stereocenters. The van der Waals surface area contributed by atoms with Gasteiger partial charge < -0.3 is 10.1 Å². The van der Waals surface area contributed by atoms with Crippen molar-refractivity contribution in [3.05, 3.63) is 97.5 Å². The number of nitro benzene ring substituents is 1. The number of nitrogens with one attached hydrogen (secondary N) is 2. The molecule has 12 heteroatoms. The number of aryl methyl sites for hydroxylation is 2. The van der Waals surface area contributed by atoms with Crippen molar-refractivity contribution in [2.45, 2.75) is 13.8 Å². The number of halogens is 1. The number of benzene rings is 3. The molecule has 1 aliphatic rings. The number of carbonyl (C=O) groups is 4. The van der Waals surface area contributed by atoms with Crippen molar-refractivity contribution in [2.75, 3.05) is 16.8 Å². The van der Waals surface area contributed by atoms with E-state index in [-0.39, 0.29) is 29.5 Å². The first-order valence-corrected chi connectivity index (χ1v) is 12.3. The molecule has 3 aromatic rings. The SMILES string of the molecule is Cc1ccc(NC(=O)COc2ccc(/C=C3/C(=O)NC(=O)N(c4cccc([N+](=O)[O-])c4)C3=O)cc2Br)cc1C. The molecule has 1 heterocycles. The Balaban J connectivity index is 1.48. The second kappa shape index (κ2) is 11.3. The number of non-ortho nitro benzene ring substituents is 1. The number of imide groups is 2. The van der Waals surface area contributed by atoms with Gasteiger partial charge >= 0.3 is 6.03 Å². The van der Waals surface area contributed by atoms with Crippen LogP contribution in [0.25, 0.3) is 6.08 Å². The minimum absolute atomic E-state index is 0.0610. The summed E-state index contributed by atoms with van der Waals surface area (Å²) in [6.07, 6.45) is 1.27. The van der Waals surface area contributed by atoms with E-state index in [0.29, 0.717) is 26.4 Å². The summed E-state index contributed by atoms with van der Waals surface area (Å²) < 4.78 is 6.05. The Morgan fingerprint density at radius 2 is 1.85 bits per heavy atom. The lowest BCUT2D eigenvalue weighted by Gasteiger charge is -2.26. The number of ether oxygens (including phenoxy) is 1. The highest BCUT2D eigenvalue weighted by Gasteiger charge is 2.37. The predicted molar refractivity (Wildman–Crippen MR) is 146 cm³/mol. The molecule has 0 aliphatic carbocycles. The number of amides is 5. The van der Waals surface area contributed by atoms with Crippen molar-refractivity contribution in [2.24, 2.45) is 0 Å². The molecule has 0 bridgehead atoms. The molecule has 0 radical (unpaired) electrons. The van der Waals surface area contributed by atoms with Gasteiger partial charge in [0.1, 0.15) is 11.3 Å². The van der Waals surface area contributed by atoms with Crippen molar-refractivity contribution < 1.29 is 28.8 Å². The van der Waals surface area contributed by atoms with Crippen molar-refractivity contribution in [3.63, 3.8) is 0 Å². The first-order valence-electron chi connectivity index (χ1n) is 11.5. The normalized spacial score (nSPS) is 14.3. The lowest BCUT2D eigenvalue weighted by atomic mass is 10.1. The summed E-state index contributed by atoms with van der Waals surface area (Å²) in [7, 11) is 0. The van der Waals surface area contributed by atoms with E-state index in [1.165, 1.54) is 24.3 Å². The number of anilines is 2. The standard InChI is InChI=1S/C27H21BrN4O7/c1-15-6-8-18(10-16(15)2)29-24(33)14-39-23-9-7-17(12-22(23)28)11-21-25(34)30-27(36)31(26(21)35)19-4-3-5-20(13-19)32(37)38/h3-13H,14H2,1-2H3,(H,29,33)(H,30,34,36)/b21-11-. The van der Waals surface area contributed by atoms with Crippen LogP contribution in [0.1, 0.15) is 16.7 Å². The number of nitro groups is 1. The van der Waals surface area contributed by atoms with Crippen LogP contribution in [-0.2, 0) is 14.4 Å². The van der Waals surface area contributed by atoms with Gasteiger partial charge in [-0.25, -0.2) is 9.69 Å². The summed E-state index contributed by atoms with van der Waals surface area (Å²) in [5.41, 5.74) is 2.49. The third-order valence-electron chi connectivity index (χ3n) is 5.82. The van der Waals surface area contributed by atoms with E-state index in [4.69, 9.17) is 4.74 Å². The van der Waals surface area contributed by atoms with Crippen molar-refractivity contribution >= 4 is 62.8 Å². The van der Waals surface area contributed by atoms with Crippen LogP contribution in [0, 0.1) is 24.0 Å². The van der Waals surface area contributed by atoms with Crippen LogP contribution in [0.3, 0.4) is 0 Å². The Hall–Kier alpha value is -4.84. The highest BCUT2D eigenvalue weighted by atomic mass is 79.9. The van der Waals surface area contributed by atoms with Crippen molar-refractivity contribution in [3.8, 4) is 5.75 Å². The monoisotopic (exact) mass is 592 g/mol. The summed E-state index contributed by atoms with van der Waals surface area (Å²) in [5.74, 6) is -1.86. The summed E-state index contributed by atoms with van der Waals surface area (Å²) in [6.45, 7) is 3.67. The average molecular weight is 593 g/mol. The summed E-state index contributed by atoms with van der Waals surface area (Å²) in [6, 6.07) is 14.2. The zero-order chi connectivity index (χ0) is 28.3. The molecular weight excluding hydrogens is 572 g/mol. The lowest BCUT2D eigenvalue weighted by molar-refractivity contribution is -0.384. The maximum atomic E-state index is 13.1. The van der Waals surface area contributed by atoms with Gasteiger partial charge in [-0.3, -0.25) is 29.8 Å². The molecule has 11 nitrogen and oxygen atoms in total. The van der Waals surface area contributed by atoms with E-state index >= 15 is 0 Å². The third-order valence-corrected chi connectivity index (χ3v) is 6.44. The zero-order valence-electron chi connectivity index (χ0n) is 20.7. The van der Waals surface area contributed by atoms with E-state index < -0.39 is 22.8 Å². The van der Waals surface area contributed by atoms with E-state index in [0.717, 1.165) is 17.2 Å². The highest BCUT2D eigenvalue weighted by Crippen LogP contribution is 2.29. The summed E-state index contributed by atoms with van der Waals surface area (Å²) in [4.78, 5) is 61.3. The summed E-state index contributed by atoms with van der Waals surface area (Å²) >= 11 is 3.36. The van der Waals surface area contributed by atoms with Gasteiger partial charge in [-0.1, -0.05) is 18.2 Å². The molecule has 1 aliphatic heterocycles.